The molecule has 4 nitrogen and oxygen atoms in total. The Morgan fingerprint density at radius 2 is 2.17 bits per heavy atom. The first-order valence-corrected chi connectivity index (χ1v) is 8.29. The number of amides is 1. The molecule has 2 rings (SSSR count). The lowest BCUT2D eigenvalue weighted by Crippen LogP contribution is -2.37. The number of nitrogens with two attached hydrogens (primary N) is 1. The van der Waals surface area contributed by atoms with E-state index in [0.717, 1.165) is 37.0 Å². The van der Waals surface area contributed by atoms with Crippen LogP contribution < -0.4 is 15.8 Å². The molecule has 0 spiro atoms. The van der Waals surface area contributed by atoms with E-state index in [0.29, 0.717) is 19.1 Å². The lowest BCUT2D eigenvalue weighted by atomic mass is 9.85. The van der Waals surface area contributed by atoms with E-state index in [9.17, 15) is 4.79 Å². The molecule has 1 aliphatic rings. The van der Waals surface area contributed by atoms with Gasteiger partial charge in [0.25, 0.3) is 0 Å². The van der Waals surface area contributed by atoms with Crippen LogP contribution in [0, 0.1) is 11.8 Å². The summed E-state index contributed by atoms with van der Waals surface area (Å²) >= 11 is 0. The van der Waals surface area contributed by atoms with Crippen LogP contribution in [-0.4, -0.2) is 18.6 Å². The van der Waals surface area contributed by atoms with Gasteiger partial charge < -0.3 is 15.8 Å². The molecule has 2 unspecified atom stereocenters. The van der Waals surface area contributed by atoms with E-state index in [1.807, 2.05) is 24.3 Å². The molecule has 1 aromatic carbocycles. The van der Waals surface area contributed by atoms with Gasteiger partial charge in [-0.25, -0.2) is 0 Å². The highest BCUT2D eigenvalue weighted by Crippen LogP contribution is 2.23. The van der Waals surface area contributed by atoms with E-state index in [-0.39, 0.29) is 30.3 Å². The quantitative estimate of drug-likeness (QED) is 0.835. The molecule has 0 bridgehead atoms. The number of rotatable bonds is 6. The molecule has 2 atom stereocenters. The summed E-state index contributed by atoms with van der Waals surface area (Å²) in [6.07, 6.45) is 3.86. The van der Waals surface area contributed by atoms with Gasteiger partial charge in [0.2, 0.25) is 5.91 Å². The van der Waals surface area contributed by atoms with Gasteiger partial charge in [0, 0.05) is 18.5 Å². The normalized spacial score (nSPS) is 20.7. The number of hydrogen-bond donors (Lipinski definition) is 2. The molecule has 130 valence electrons. The Balaban J connectivity index is 0.00000264. The van der Waals surface area contributed by atoms with Gasteiger partial charge in [-0.2, -0.15) is 0 Å². The van der Waals surface area contributed by atoms with Crippen molar-refractivity contribution in [2.45, 2.75) is 52.1 Å². The molecule has 1 aliphatic carbocycles. The third-order valence-corrected chi connectivity index (χ3v) is 4.03. The summed E-state index contributed by atoms with van der Waals surface area (Å²) < 4.78 is 5.72. The summed E-state index contributed by atoms with van der Waals surface area (Å²) in [6.45, 7) is 5.50. The van der Waals surface area contributed by atoms with E-state index in [2.05, 4.69) is 19.2 Å². The second-order valence-corrected chi connectivity index (χ2v) is 6.69. The molecule has 1 aromatic rings. The predicted molar refractivity (Wildman–Crippen MR) is 95.8 cm³/mol. The first kappa shape index (κ1) is 19.8. The van der Waals surface area contributed by atoms with Crippen LogP contribution in [0.1, 0.15) is 45.1 Å². The minimum absolute atomic E-state index is 0. The maximum absolute atomic E-state index is 12.2. The highest BCUT2D eigenvalue weighted by molar-refractivity contribution is 5.85. The lowest BCUT2D eigenvalue weighted by Gasteiger charge is -2.25. The van der Waals surface area contributed by atoms with Gasteiger partial charge in [-0.15, -0.1) is 12.4 Å². The molecule has 3 N–H and O–H groups in total. The minimum Gasteiger partial charge on any atom is -0.493 e. The summed E-state index contributed by atoms with van der Waals surface area (Å²) in [4.78, 5) is 12.2. The van der Waals surface area contributed by atoms with Gasteiger partial charge in [-0.05, 0) is 42.9 Å². The summed E-state index contributed by atoms with van der Waals surface area (Å²) in [5, 5.41) is 3.03. The standard InChI is InChI=1S/C18H28N2O2.ClH/c1-13(2)12-22-17-8-3-5-14(9-17)11-20-18(21)15-6-4-7-16(19)10-15;/h3,5,8-9,13,15-16H,4,6-7,10-12,19H2,1-2H3,(H,20,21);1H. The van der Waals surface area contributed by atoms with Crippen molar-refractivity contribution in [1.82, 2.24) is 5.32 Å². The number of carbonyl (C=O) groups is 1. The fourth-order valence-corrected chi connectivity index (χ4v) is 2.81. The van der Waals surface area contributed by atoms with E-state index in [4.69, 9.17) is 10.5 Å². The molecule has 0 saturated heterocycles. The fraction of sp³-hybridized carbons (Fsp3) is 0.611. The fourth-order valence-electron chi connectivity index (χ4n) is 2.81. The second kappa shape index (κ2) is 9.78. The van der Waals surface area contributed by atoms with Crippen LogP contribution in [0.15, 0.2) is 24.3 Å². The van der Waals surface area contributed by atoms with Crippen molar-refractivity contribution in [3.63, 3.8) is 0 Å². The topological polar surface area (TPSA) is 64.3 Å². The van der Waals surface area contributed by atoms with Gasteiger partial charge in [0.15, 0.2) is 0 Å². The largest absolute Gasteiger partial charge is 0.493 e. The van der Waals surface area contributed by atoms with Crippen molar-refractivity contribution >= 4 is 18.3 Å². The molecule has 5 heteroatoms. The molecule has 23 heavy (non-hydrogen) atoms. The molecule has 0 aromatic heterocycles. The second-order valence-electron chi connectivity index (χ2n) is 6.69. The summed E-state index contributed by atoms with van der Waals surface area (Å²) in [6, 6.07) is 8.10. The summed E-state index contributed by atoms with van der Waals surface area (Å²) in [5.41, 5.74) is 7.02. The van der Waals surface area contributed by atoms with E-state index in [1.54, 1.807) is 0 Å². The molecule has 0 radical (unpaired) electrons. The predicted octanol–water partition coefficient (Wildman–Crippen LogP) is 3.28. The number of carbonyl (C=O) groups excluding carboxylic acids is 1. The zero-order valence-electron chi connectivity index (χ0n) is 14.1. The van der Waals surface area contributed by atoms with Crippen molar-refractivity contribution in [3.05, 3.63) is 29.8 Å². The number of nitrogens with one attached hydrogen (secondary N) is 1. The van der Waals surface area contributed by atoms with Crippen molar-refractivity contribution < 1.29 is 9.53 Å². The molecule has 0 aliphatic heterocycles. The van der Waals surface area contributed by atoms with E-state index < -0.39 is 0 Å². The van der Waals surface area contributed by atoms with Crippen LogP contribution in [0.4, 0.5) is 0 Å². The van der Waals surface area contributed by atoms with Crippen LogP contribution >= 0.6 is 12.4 Å². The van der Waals surface area contributed by atoms with Crippen LogP contribution in [0.2, 0.25) is 0 Å². The van der Waals surface area contributed by atoms with Crippen molar-refractivity contribution in [1.29, 1.82) is 0 Å². The Kier molecular flexibility index (Phi) is 8.42. The number of benzene rings is 1. The lowest BCUT2D eigenvalue weighted by molar-refractivity contribution is -0.126. The van der Waals surface area contributed by atoms with Crippen LogP contribution in [-0.2, 0) is 11.3 Å². The Morgan fingerprint density at radius 1 is 1.39 bits per heavy atom. The Bertz CT molecular complexity index is 494. The van der Waals surface area contributed by atoms with Crippen LogP contribution in [0.5, 0.6) is 5.75 Å². The zero-order chi connectivity index (χ0) is 15.9. The third-order valence-electron chi connectivity index (χ3n) is 4.03. The highest BCUT2D eigenvalue weighted by Gasteiger charge is 2.24. The van der Waals surface area contributed by atoms with Gasteiger partial charge in [-0.3, -0.25) is 4.79 Å². The minimum atomic E-state index is 0. The molecule has 1 fully saturated rings. The van der Waals surface area contributed by atoms with E-state index in [1.165, 1.54) is 0 Å². The number of ether oxygens (including phenoxy) is 1. The van der Waals surface area contributed by atoms with Gasteiger partial charge in [0.05, 0.1) is 6.61 Å². The molecule has 1 amide bonds. The third kappa shape index (κ3) is 6.80. The van der Waals surface area contributed by atoms with Crippen LogP contribution in [0.25, 0.3) is 0 Å². The molecule has 1 saturated carbocycles. The zero-order valence-corrected chi connectivity index (χ0v) is 14.9. The molecule has 0 heterocycles. The monoisotopic (exact) mass is 340 g/mol. The Hall–Kier alpha value is -1.26. The van der Waals surface area contributed by atoms with E-state index >= 15 is 0 Å². The van der Waals surface area contributed by atoms with Gasteiger partial charge in [0.1, 0.15) is 5.75 Å². The van der Waals surface area contributed by atoms with Crippen molar-refractivity contribution in [3.8, 4) is 5.75 Å². The average Bonchev–Trinajstić information content (AvgIpc) is 2.51. The van der Waals surface area contributed by atoms with Crippen molar-refractivity contribution in [2.75, 3.05) is 6.61 Å². The van der Waals surface area contributed by atoms with Gasteiger partial charge >= 0.3 is 0 Å². The first-order valence-electron chi connectivity index (χ1n) is 8.29. The summed E-state index contributed by atoms with van der Waals surface area (Å²) in [7, 11) is 0. The first-order chi connectivity index (χ1) is 10.5. The Labute approximate surface area is 145 Å². The average molecular weight is 341 g/mol. The van der Waals surface area contributed by atoms with Crippen molar-refractivity contribution in [2.24, 2.45) is 17.6 Å². The highest BCUT2D eigenvalue weighted by atomic mass is 35.5. The Morgan fingerprint density at radius 3 is 2.87 bits per heavy atom. The number of halogens is 1. The summed E-state index contributed by atoms with van der Waals surface area (Å²) in [5.74, 6) is 1.56. The number of hydrogen-bond acceptors (Lipinski definition) is 3. The maximum atomic E-state index is 12.2. The molecular weight excluding hydrogens is 312 g/mol. The smallest absolute Gasteiger partial charge is 0.223 e. The molecular formula is C18H29ClN2O2. The van der Waals surface area contributed by atoms with Crippen LogP contribution in [0.3, 0.4) is 0 Å². The maximum Gasteiger partial charge on any atom is 0.223 e. The van der Waals surface area contributed by atoms with Gasteiger partial charge in [-0.1, -0.05) is 32.4 Å². The SMILES string of the molecule is CC(C)COc1cccc(CNC(=O)C2CCCC(N)C2)c1.Cl.